The lowest BCUT2D eigenvalue weighted by molar-refractivity contribution is -0.0440. The Kier molecular flexibility index (Phi) is 3.87. The number of rotatable bonds is 3. The second-order valence-corrected chi connectivity index (χ2v) is 5.65. The summed E-state index contributed by atoms with van der Waals surface area (Å²) in [6.07, 6.45) is -0.359. The number of nitrogens with zero attached hydrogens (tertiary/aromatic N) is 1. The standard InChI is InChI=1S/C14H15N3O3S/c1-8-11(21-14(15)16-8)12(18)17-10-4-2-3-9(7-10)13-19-5-6-20-13/h2-4,7,13H,5-6H2,1H3,(H2,15,16)(H,17,18). The van der Waals surface area contributed by atoms with E-state index >= 15 is 0 Å². The van der Waals surface area contributed by atoms with Crippen molar-refractivity contribution in [3.05, 3.63) is 40.4 Å². The van der Waals surface area contributed by atoms with Gasteiger partial charge in [0.05, 0.1) is 18.9 Å². The number of amides is 1. The van der Waals surface area contributed by atoms with Crippen LogP contribution in [0.4, 0.5) is 10.8 Å². The maximum atomic E-state index is 12.2. The maximum Gasteiger partial charge on any atom is 0.267 e. The van der Waals surface area contributed by atoms with Crippen molar-refractivity contribution in [2.75, 3.05) is 24.3 Å². The Balaban J connectivity index is 1.77. The van der Waals surface area contributed by atoms with Crippen LogP contribution in [0.5, 0.6) is 0 Å². The van der Waals surface area contributed by atoms with E-state index in [1.54, 1.807) is 6.92 Å². The van der Waals surface area contributed by atoms with Crippen LogP contribution in [-0.2, 0) is 9.47 Å². The molecule has 6 nitrogen and oxygen atoms in total. The first-order valence-corrected chi connectivity index (χ1v) is 7.32. The highest BCUT2D eigenvalue weighted by Gasteiger charge is 2.19. The highest BCUT2D eigenvalue weighted by Crippen LogP contribution is 2.26. The Labute approximate surface area is 125 Å². The predicted molar refractivity (Wildman–Crippen MR) is 80.3 cm³/mol. The average Bonchev–Trinajstić information content (AvgIpc) is 3.08. The number of nitrogen functional groups attached to an aromatic ring is 1. The second-order valence-electron chi connectivity index (χ2n) is 4.62. The van der Waals surface area contributed by atoms with Gasteiger partial charge in [0.2, 0.25) is 0 Å². The van der Waals surface area contributed by atoms with E-state index in [0.717, 1.165) is 5.56 Å². The monoisotopic (exact) mass is 305 g/mol. The van der Waals surface area contributed by atoms with Crippen molar-refractivity contribution in [1.29, 1.82) is 0 Å². The number of aromatic nitrogens is 1. The Morgan fingerprint density at radius 3 is 2.86 bits per heavy atom. The number of aryl methyl sites for hydroxylation is 1. The summed E-state index contributed by atoms with van der Waals surface area (Å²) in [5.41, 5.74) is 7.81. The van der Waals surface area contributed by atoms with Gasteiger partial charge in [-0.25, -0.2) is 4.98 Å². The van der Waals surface area contributed by atoms with Crippen LogP contribution in [0.2, 0.25) is 0 Å². The van der Waals surface area contributed by atoms with Gasteiger partial charge in [-0.1, -0.05) is 23.5 Å². The van der Waals surface area contributed by atoms with E-state index in [9.17, 15) is 4.79 Å². The Hall–Kier alpha value is -1.96. The van der Waals surface area contributed by atoms with Crippen molar-refractivity contribution in [3.63, 3.8) is 0 Å². The zero-order valence-electron chi connectivity index (χ0n) is 11.5. The predicted octanol–water partition coefficient (Wildman–Crippen LogP) is 2.33. The molecule has 1 saturated heterocycles. The van der Waals surface area contributed by atoms with Crippen LogP contribution in [0.1, 0.15) is 27.2 Å². The van der Waals surface area contributed by atoms with Gasteiger partial charge in [0.1, 0.15) is 4.88 Å². The number of hydrogen-bond acceptors (Lipinski definition) is 6. The lowest BCUT2D eigenvalue weighted by Gasteiger charge is -2.11. The van der Waals surface area contributed by atoms with Crippen molar-refractivity contribution in [1.82, 2.24) is 4.98 Å². The molecule has 1 aliphatic rings. The van der Waals surface area contributed by atoms with Gasteiger partial charge in [0, 0.05) is 11.3 Å². The maximum absolute atomic E-state index is 12.2. The molecule has 1 fully saturated rings. The molecule has 3 rings (SSSR count). The lowest BCUT2D eigenvalue weighted by Crippen LogP contribution is -2.12. The van der Waals surface area contributed by atoms with Gasteiger partial charge >= 0.3 is 0 Å². The smallest absolute Gasteiger partial charge is 0.267 e. The molecule has 2 heterocycles. The third-order valence-corrected chi connectivity index (χ3v) is 4.04. The van der Waals surface area contributed by atoms with Gasteiger partial charge in [-0.3, -0.25) is 4.79 Å². The summed E-state index contributed by atoms with van der Waals surface area (Å²) in [7, 11) is 0. The van der Waals surface area contributed by atoms with Crippen molar-refractivity contribution in [2.24, 2.45) is 0 Å². The average molecular weight is 305 g/mol. The number of anilines is 2. The van der Waals surface area contributed by atoms with Crippen molar-refractivity contribution in [3.8, 4) is 0 Å². The molecular weight excluding hydrogens is 290 g/mol. The molecule has 3 N–H and O–H groups in total. The molecule has 7 heteroatoms. The molecule has 0 unspecified atom stereocenters. The summed E-state index contributed by atoms with van der Waals surface area (Å²) in [4.78, 5) is 16.8. The number of benzene rings is 1. The number of nitrogens with one attached hydrogen (secondary N) is 1. The fraction of sp³-hybridized carbons (Fsp3) is 0.286. The van der Waals surface area contributed by atoms with E-state index in [2.05, 4.69) is 10.3 Å². The highest BCUT2D eigenvalue weighted by atomic mass is 32.1. The zero-order chi connectivity index (χ0) is 14.8. The van der Waals surface area contributed by atoms with Crippen molar-refractivity contribution in [2.45, 2.75) is 13.2 Å². The molecule has 1 amide bonds. The fourth-order valence-electron chi connectivity index (χ4n) is 2.13. The van der Waals surface area contributed by atoms with E-state index in [1.807, 2.05) is 24.3 Å². The second kappa shape index (κ2) is 5.80. The Morgan fingerprint density at radius 2 is 2.19 bits per heavy atom. The number of carbonyl (C=O) groups excluding carboxylic acids is 1. The van der Waals surface area contributed by atoms with Crippen molar-refractivity contribution < 1.29 is 14.3 Å². The summed E-state index contributed by atoms with van der Waals surface area (Å²) < 4.78 is 10.9. The molecule has 0 saturated carbocycles. The normalized spacial score (nSPS) is 15.3. The molecule has 0 atom stereocenters. The van der Waals surface area contributed by atoms with Crippen LogP contribution in [-0.4, -0.2) is 24.1 Å². The topological polar surface area (TPSA) is 86.5 Å². The molecule has 0 bridgehead atoms. The first kappa shape index (κ1) is 14.0. The first-order valence-electron chi connectivity index (χ1n) is 6.51. The van der Waals surface area contributed by atoms with Crippen LogP contribution in [0.15, 0.2) is 24.3 Å². The van der Waals surface area contributed by atoms with Crippen LogP contribution < -0.4 is 11.1 Å². The van der Waals surface area contributed by atoms with Gasteiger partial charge in [0.15, 0.2) is 11.4 Å². The summed E-state index contributed by atoms with van der Waals surface area (Å²) >= 11 is 1.18. The molecule has 1 aliphatic heterocycles. The molecule has 110 valence electrons. The third kappa shape index (κ3) is 3.05. The SMILES string of the molecule is Cc1nc(N)sc1C(=O)Nc1cccc(C2OCCO2)c1. The van der Waals surface area contributed by atoms with Gasteiger partial charge in [-0.2, -0.15) is 0 Å². The van der Waals surface area contributed by atoms with E-state index in [0.29, 0.717) is 34.6 Å². The zero-order valence-corrected chi connectivity index (χ0v) is 12.3. The molecule has 1 aromatic carbocycles. The summed E-state index contributed by atoms with van der Waals surface area (Å²) in [6.45, 7) is 2.93. The van der Waals surface area contributed by atoms with Gasteiger partial charge in [0.25, 0.3) is 5.91 Å². The number of nitrogens with two attached hydrogens (primary N) is 1. The molecule has 0 spiro atoms. The number of hydrogen-bond donors (Lipinski definition) is 2. The third-order valence-electron chi connectivity index (χ3n) is 3.06. The van der Waals surface area contributed by atoms with Crippen LogP contribution in [0.3, 0.4) is 0 Å². The van der Waals surface area contributed by atoms with Crippen LogP contribution in [0, 0.1) is 6.92 Å². The first-order chi connectivity index (χ1) is 10.1. The van der Waals surface area contributed by atoms with E-state index in [1.165, 1.54) is 11.3 Å². The largest absolute Gasteiger partial charge is 0.375 e. The molecule has 21 heavy (non-hydrogen) atoms. The summed E-state index contributed by atoms with van der Waals surface area (Å²) in [5.74, 6) is -0.216. The molecule has 0 radical (unpaired) electrons. The minimum atomic E-state index is -0.359. The Bertz CT molecular complexity index is 665. The van der Waals surface area contributed by atoms with Gasteiger partial charge < -0.3 is 20.5 Å². The molecular formula is C14H15N3O3S. The van der Waals surface area contributed by atoms with Gasteiger partial charge in [-0.15, -0.1) is 0 Å². The summed E-state index contributed by atoms with van der Waals surface area (Å²) in [5, 5.41) is 3.23. The molecule has 0 aliphatic carbocycles. The fourth-order valence-corrected chi connectivity index (χ4v) is 2.86. The van der Waals surface area contributed by atoms with Gasteiger partial charge in [-0.05, 0) is 19.1 Å². The Morgan fingerprint density at radius 1 is 1.43 bits per heavy atom. The minimum absolute atomic E-state index is 0.216. The van der Waals surface area contributed by atoms with Crippen LogP contribution >= 0.6 is 11.3 Å². The molecule has 1 aromatic heterocycles. The minimum Gasteiger partial charge on any atom is -0.375 e. The van der Waals surface area contributed by atoms with E-state index < -0.39 is 0 Å². The van der Waals surface area contributed by atoms with E-state index in [4.69, 9.17) is 15.2 Å². The summed E-state index contributed by atoms with van der Waals surface area (Å²) in [6, 6.07) is 7.41. The number of carbonyl (C=O) groups is 1. The lowest BCUT2D eigenvalue weighted by atomic mass is 10.2. The van der Waals surface area contributed by atoms with Crippen molar-refractivity contribution >= 4 is 28.1 Å². The van der Waals surface area contributed by atoms with Crippen LogP contribution in [0.25, 0.3) is 0 Å². The number of ether oxygens (including phenoxy) is 2. The molecule has 2 aromatic rings. The quantitative estimate of drug-likeness (QED) is 0.909. The van der Waals surface area contributed by atoms with E-state index in [-0.39, 0.29) is 12.2 Å². The highest BCUT2D eigenvalue weighted by molar-refractivity contribution is 7.17. The number of thiazole rings is 1.